The molecule has 1 heterocycles. The van der Waals surface area contributed by atoms with Crippen molar-refractivity contribution in [1.82, 2.24) is 10.3 Å². The Morgan fingerprint density at radius 2 is 1.82 bits per heavy atom. The highest BCUT2D eigenvalue weighted by Crippen LogP contribution is 2.31. The van der Waals surface area contributed by atoms with Crippen LogP contribution in [0.5, 0.6) is 0 Å². The Bertz CT molecular complexity index is 644. The van der Waals surface area contributed by atoms with Crippen molar-refractivity contribution < 1.29 is 4.79 Å². The summed E-state index contributed by atoms with van der Waals surface area (Å²) in [5.41, 5.74) is 3.37. The lowest BCUT2D eigenvalue weighted by Gasteiger charge is -2.13. The molecule has 0 radical (unpaired) electrons. The Morgan fingerprint density at radius 1 is 1.18 bits per heavy atom. The van der Waals surface area contributed by atoms with E-state index in [0.29, 0.717) is 12.3 Å². The van der Waals surface area contributed by atoms with Crippen molar-refractivity contribution >= 4 is 17.2 Å². The molecule has 3 nitrogen and oxygen atoms in total. The summed E-state index contributed by atoms with van der Waals surface area (Å²) in [6.07, 6.45) is 0.563. The molecule has 118 valence electrons. The van der Waals surface area contributed by atoms with Crippen molar-refractivity contribution in [3.63, 3.8) is 0 Å². The first-order valence-electron chi connectivity index (χ1n) is 7.70. The molecule has 2 rings (SSSR count). The molecular weight excluding hydrogens is 292 g/mol. The molecule has 0 aliphatic heterocycles. The van der Waals surface area contributed by atoms with Crippen LogP contribution in [0.25, 0.3) is 10.6 Å². The number of rotatable bonds is 5. The molecule has 1 atom stereocenters. The Labute approximate surface area is 136 Å². The highest BCUT2D eigenvalue weighted by atomic mass is 32.1. The van der Waals surface area contributed by atoms with E-state index in [1.807, 2.05) is 13.8 Å². The first kappa shape index (κ1) is 16.7. The van der Waals surface area contributed by atoms with Crippen LogP contribution in [0, 0.1) is 19.8 Å². The van der Waals surface area contributed by atoms with Crippen LogP contribution in [0.1, 0.15) is 49.4 Å². The molecule has 0 saturated heterocycles. The zero-order valence-electron chi connectivity index (χ0n) is 13.9. The highest BCUT2D eigenvalue weighted by Gasteiger charge is 2.17. The summed E-state index contributed by atoms with van der Waals surface area (Å²) in [5, 5.41) is 4.09. The van der Waals surface area contributed by atoms with Crippen LogP contribution in [0.15, 0.2) is 24.3 Å². The van der Waals surface area contributed by atoms with Gasteiger partial charge in [0.1, 0.15) is 5.01 Å². The van der Waals surface area contributed by atoms with Crippen molar-refractivity contribution in [2.45, 2.75) is 47.1 Å². The Kier molecular flexibility index (Phi) is 5.35. The fourth-order valence-corrected chi connectivity index (χ4v) is 3.44. The summed E-state index contributed by atoms with van der Waals surface area (Å²) < 4.78 is 0. The number of carbonyl (C=O) groups is 1. The number of amides is 1. The smallest absolute Gasteiger partial charge is 0.220 e. The highest BCUT2D eigenvalue weighted by molar-refractivity contribution is 7.15. The van der Waals surface area contributed by atoms with E-state index in [4.69, 9.17) is 0 Å². The standard InChI is InChI=1S/C18H24N2OS/c1-11(2)10-16(21)19-13(4)17-14(5)20-18(22-17)15-8-6-12(3)7-9-15/h6-9,11,13H,10H2,1-5H3,(H,19,21). The van der Waals surface area contributed by atoms with Crippen LogP contribution in [0.2, 0.25) is 0 Å². The van der Waals surface area contributed by atoms with Gasteiger partial charge < -0.3 is 5.32 Å². The minimum atomic E-state index is 0.00273. The van der Waals surface area contributed by atoms with Crippen molar-refractivity contribution in [3.8, 4) is 10.6 Å². The third kappa shape index (κ3) is 4.17. The van der Waals surface area contributed by atoms with E-state index in [9.17, 15) is 4.79 Å². The van der Waals surface area contributed by atoms with Gasteiger partial charge in [0.05, 0.1) is 16.6 Å². The number of aromatic nitrogens is 1. The van der Waals surface area contributed by atoms with Crippen LogP contribution in [-0.2, 0) is 4.79 Å². The molecule has 0 aliphatic carbocycles. The second kappa shape index (κ2) is 7.05. The van der Waals surface area contributed by atoms with Gasteiger partial charge in [-0.15, -0.1) is 11.3 Å². The average molecular weight is 316 g/mol. The molecule has 1 aromatic heterocycles. The first-order chi connectivity index (χ1) is 10.4. The maximum absolute atomic E-state index is 11.9. The largest absolute Gasteiger partial charge is 0.349 e. The van der Waals surface area contributed by atoms with E-state index >= 15 is 0 Å². The quantitative estimate of drug-likeness (QED) is 0.872. The van der Waals surface area contributed by atoms with Gasteiger partial charge in [-0.25, -0.2) is 4.98 Å². The van der Waals surface area contributed by atoms with Crippen LogP contribution < -0.4 is 5.32 Å². The number of hydrogen-bond donors (Lipinski definition) is 1. The first-order valence-corrected chi connectivity index (χ1v) is 8.52. The molecule has 0 aliphatic rings. The number of thiazole rings is 1. The minimum Gasteiger partial charge on any atom is -0.349 e. The monoisotopic (exact) mass is 316 g/mol. The number of benzene rings is 1. The predicted octanol–water partition coefficient (Wildman–Crippen LogP) is 4.65. The van der Waals surface area contributed by atoms with Crippen LogP contribution in [-0.4, -0.2) is 10.9 Å². The lowest BCUT2D eigenvalue weighted by atomic mass is 10.1. The maximum atomic E-state index is 11.9. The molecule has 1 N–H and O–H groups in total. The second-order valence-electron chi connectivity index (χ2n) is 6.22. The van der Waals surface area contributed by atoms with E-state index in [0.717, 1.165) is 21.1 Å². The molecule has 4 heteroatoms. The van der Waals surface area contributed by atoms with E-state index < -0.39 is 0 Å². The van der Waals surface area contributed by atoms with Crippen LogP contribution in [0.4, 0.5) is 0 Å². The average Bonchev–Trinajstić information content (AvgIpc) is 2.80. The van der Waals surface area contributed by atoms with Gasteiger partial charge in [0.25, 0.3) is 0 Å². The van der Waals surface area contributed by atoms with Gasteiger partial charge in [0, 0.05) is 12.0 Å². The molecule has 22 heavy (non-hydrogen) atoms. The van der Waals surface area contributed by atoms with Gasteiger partial charge in [0.2, 0.25) is 5.91 Å². The summed E-state index contributed by atoms with van der Waals surface area (Å²) in [7, 11) is 0. The second-order valence-corrected chi connectivity index (χ2v) is 7.25. The van der Waals surface area contributed by atoms with E-state index in [-0.39, 0.29) is 11.9 Å². The van der Waals surface area contributed by atoms with Crippen LogP contribution in [0.3, 0.4) is 0 Å². The van der Waals surface area contributed by atoms with Gasteiger partial charge in [0.15, 0.2) is 0 Å². The van der Waals surface area contributed by atoms with Gasteiger partial charge in [-0.2, -0.15) is 0 Å². The molecule has 1 unspecified atom stereocenters. The Hall–Kier alpha value is -1.68. The lowest BCUT2D eigenvalue weighted by molar-refractivity contribution is -0.122. The fraction of sp³-hybridized carbons (Fsp3) is 0.444. The SMILES string of the molecule is Cc1ccc(-c2nc(C)c(C(C)NC(=O)CC(C)C)s2)cc1. The normalized spacial score (nSPS) is 12.5. The predicted molar refractivity (Wildman–Crippen MR) is 93.0 cm³/mol. The number of carbonyl (C=O) groups excluding carboxylic acids is 1. The fourth-order valence-electron chi connectivity index (χ4n) is 2.37. The van der Waals surface area contributed by atoms with Gasteiger partial charge in [-0.05, 0) is 26.7 Å². The van der Waals surface area contributed by atoms with E-state index in [1.54, 1.807) is 11.3 Å². The molecule has 0 spiro atoms. The molecule has 1 amide bonds. The molecule has 1 aromatic carbocycles. The third-order valence-electron chi connectivity index (χ3n) is 3.50. The maximum Gasteiger partial charge on any atom is 0.220 e. The molecular formula is C18H24N2OS. The summed E-state index contributed by atoms with van der Waals surface area (Å²) in [6, 6.07) is 8.39. The van der Waals surface area contributed by atoms with Crippen molar-refractivity contribution in [1.29, 1.82) is 0 Å². The van der Waals surface area contributed by atoms with Gasteiger partial charge in [-0.1, -0.05) is 43.7 Å². The summed E-state index contributed by atoms with van der Waals surface area (Å²) >= 11 is 1.66. The topological polar surface area (TPSA) is 42.0 Å². The number of nitrogens with zero attached hydrogens (tertiary/aromatic N) is 1. The van der Waals surface area contributed by atoms with E-state index in [2.05, 4.69) is 55.3 Å². The Balaban J connectivity index is 2.15. The van der Waals surface area contributed by atoms with Crippen LogP contribution >= 0.6 is 11.3 Å². The summed E-state index contributed by atoms with van der Waals surface area (Å²) in [5.74, 6) is 0.477. The zero-order chi connectivity index (χ0) is 16.3. The molecule has 0 fully saturated rings. The molecule has 0 saturated carbocycles. The van der Waals surface area contributed by atoms with E-state index in [1.165, 1.54) is 5.56 Å². The third-order valence-corrected chi connectivity index (χ3v) is 4.88. The van der Waals surface area contributed by atoms with Gasteiger partial charge >= 0.3 is 0 Å². The minimum absolute atomic E-state index is 0.00273. The summed E-state index contributed by atoms with van der Waals surface area (Å²) in [6.45, 7) is 10.2. The zero-order valence-corrected chi connectivity index (χ0v) is 14.8. The summed E-state index contributed by atoms with van der Waals surface area (Å²) in [4.78, 5) is 17.7. The Morgan fingerprint density at radius 3 is 2.41 bits per heavy atom. The number of nitrogens with one attached hydrogen (secondary N) is 1. The van der Waals surface area contributed by atoms with Gasteiger partial charge in [-0.3, -0.25) is 4.79 Å². The molecule has 2 aromatic rings. The van der Waals surface area contributed by atoms with Crippen molar-refractivity contribution in [3.05, 3.63) is 40.4 Å². The lowest BCUT2D eigenvalue weighted by Crippen LogP contribution is -2.27. The number of hydrogen-bond acceptors (Lipinski definition) is 3. The van der Waals surface area contributed by atoms with Crippen molar-refractivity contribution in [2.24, 2.45) is 5.92 Å². The molecule has 0 bridgehead atoms. The number of aryl methyl sites for hydroxylation is 2. The van der Waals surface area contributed by atoms with Crippen molar-refractivity contribution in [2.75, 3.05) is 0 Å².